The van der Waals surface area contributed by atoms with Crippen LogP contribution in [0.5, 0.6) is 0 Å². The number of aromatic nitrogens is 3. The van der Waals surface area contributed by atoms with Crippen LogP contribution in [0, 0.1) is 0 Å². The van der Waals surface area contributed by atoms with E-state index in [-0.39, 0.29) is 5.56 Å². The normalized spacial score (nSPS) is 11.3. The number of oxazole rings is 1. The molecule has 0 aliphatic heterocycles. The van der Waals surface area contributed by atoms with Crippen molar-refractivity contribution >= 4 is 22.0 Å². The van der Waals surface area contributed by atoms with Crippen molar-refractivity contribution in [1.82, 2.24) is 14.1 Å². The maximum absolute atomic E-state index is 12.4. The Morgan fingerprint density at radius 2 is 1.74 bits per heavy atom. The van der Waals surface area contributed by atoms with Crippen LogP contribution in [0.15, 0.2) is 68.9 Å². The molecule has 4 rings (SSSR count). The summed E-state index contributed by atoms with van der Waals surface area (Å²) < 4.78 is 8.23. The van der Waals surface area contributed by atoms with Gasteiger partial charge in [-0.2, -0.15) is 0 Å². The molecule has 2 aromatic heterocycles. The minimum Gasteiger partial charge on any atom is -0.408 e. The molecule has 23 heavy (non-hydrogen) atoms. The summed E-state index contributed by atoms with van der Waals surface area (Å²) in [5, 5.41) is 0.569. The molecule has 0 saturated carbocycles. The van der Waals surface area contributed by atoms with Gasteiger partial charge in [-0.3, -0.25) is 13.9 Å². The lowest BCUT2D eigenvalue weighted by molar-refractivity contribution is 0.480. The molecule has 0 fully saturated rings. The molecule has 0 amide bonds. The molecule has 0 bridgehead atoms. The van der Waals surface area contributed by atoms with E-state index in [4.69, 9.17) is 4.42 Å². The lowest BCUT2D eigenvalue weighted by atomic mass is 10.2. The summed E-state index contributed by atoms with van der Waals surface area (Å²) in [6, 6.07) is 14.4. The number of fused-ring (bicyclic) bond motifs is 2. The van der Waals surface area contributed by atoms with Gasteiger partial charge in [0.25, 0.3) is 5.56 Å². The third-order valence-corrected chi connectivity index (χ3v) is 3.87. The average molecular weight is 307 g/mol. The van der Waals surface area contributed by atoms with E-state index < -0.39 is 5.76 Å². The van der Waals surface area contributed by atoms with Gasteiger partial charge in [0.2, 0.25) is 0 Å². The number of benzene rings is 2. The van der Waals surface area contributed by atoms with Crippen LogP contribution in [-0.2, 0) is 13.1 Å². The highest BCUT2D eigenvalue weighted by Gasteiger charge is 2.09. The summed E-state index contributed by atoms with van der Waals surface area (Å²) in [6.07, 6.45) is 1.51. The van der Waals surface area contributed by atoms with E-state index in [2.05, 4.69) is 4.98 Å². The van der Waals surface area contributed by atoms with Crippen LogP contribution in [0.4, 0.5) is 0 Å². The van der Waals surface area contributed by atoms with E-state index >= 15 is 0 Å². The van der Waals surface area contributed by atoms with Crippen molar-refractivity contribution in [2.24, 2.45) is 0 Å². The molecule has 2 heterocycles. The fourth-order valence-corrected chi connectivity index (χ4v) is 2.70. The van der Waals surface area contributed by atoms with Gasteiger partial charge in [0.1, 0.15) is 0 Å². The Balaban J connectivity index is 1.71. The summed E-state index contributed by atoms with van der Waals surface area (Å²) in [7, 11) is 0. The second kappa shape index (κ2) is 5.24. The molecular formula is C17H13N3O3. The van der Waals surface area contributed by atoms with Gasteiger partial charge in [0.15, 0.2) is 5.58 Å². The zero-order chi connectivity index (χ0) is 15.8. The van der Waals surface area contributed by atoms with Crippen molar-refractivity contribution < 1.29 is 4.42 Å². The Morgan fingerprint density at radius 1 is 0.957 bits per heavy atom. The van der Waals surface area contributed by atoms with Crippen LogP contribution in [-0.4, -0.2) is 14.1 Å². The van der Waals surface area contributed by atoms with Gasteiger partial charge in [-0.1, -0.05) is 24.3 Å². The standard InChI is InChI=1S/C17H13N3O3/c21-16-12-5-1-2-6-13(12)18-11-19(16)9-10-20-14-7-3-4-8-15(14)23-17(20)22/h1-8,11H,9-10H2. The van der Waals surface area contributed by atoms with Crippen molar-refractivity contribution in [3.8, 4) is 0 Å². The van der Waals surface area contributed by atoms with Crippen molar-refractivity contribution in [3.63, 3.8) is 0 Å². The number of hydrogen-bond acceptors (Lipinski definition) is 4. The second-order valence-corrected chi connectivity index (χ2v) is 5.25. The molecule has 6 heteroatoms. The Kier molecular flexibility index (Phi) is 3.08. The average Bonchev–Trinajstić information content (AvgIpc) is 2.90. The Bertz CT molecular complexity index is 1120. The third-order valence-electron chi connectivity index (χ3n) is 3.87. The summed E-state index contributed by atoms with van der Waals surface area (Å²) in [4.78, 5) is 28.7. The lowest BCUT2D eigenvalue weighted by Gasteiger charge is -2.07. The molecule has 0 aliphatic carbocycles. The highest BCUT2D eigenvalue weighted by molar-refractivity contribution is 5.76. The van der Waals surface area contributed by atoms with Gasteiger partial charge < -0.3 is 4.42 Å². The SMILES string of the molecule is O=c1c2ccccc2ncn1CCn1c(=O)oc2ccccc21. The van der Waals surface area contributed by atoms with Crippen LogP contribution >= 0.6 is 0 Å². The van der Waals surface area contributed by atoms with Gasteiger partial charge >= 0.3 is 5.76 Å². The maximum Gasteiger partial charge on any atom is 0.420 e. The lowest BCUT2D eigenvalue weighted by Crippen LogP contribution is -2.25. The smallest absolute Gasteiger partial charge is 0.408 e. The predicted octanol–water partition coefficient (Wildman–Crippen LogP) is 2.00. The van der Waals surface area contributed by atoms with Gasteiger partial charge in [-0.15, -0.1) is 0 Å². The van der Waals surface area contributed by atoms with Gasteiger partial charge in [0.05, 0.1) is 22.7 Å². The van der Waals surface area contributed by atoms with Crippen molar-refractivity contribution in [2.45, 2.75) is 13.1 Å². The van der Waals surface area contributed by atoms with Crippen molar-refractivity contribution in [2.75, 3.05) is 0 Å². The number of hydrogen-bond donors (Lipinski definition) is 0. The fourth-order valence-electron chi connectivity index (χ4n) is 2.70. The Hall–Kier alpha value is -3.15. The summed E-state index contributed by atoms with van der Waals surface area (Å²) in [5.74, 6) is -0.423. The molecule has 2 aromatic carbocycles. The van der Waals surface area contributed by atoms with Crippen LogP contribution in [0.1, 0.15) is 0 Å². The van der Waals surface area contributed by atoms with Gasteiger partial charge in [-0.05, 0) is 24.3 Å². The molecule has 0 spiro atoms. The minimum atomic E-state index is -0.423. The monoisotopic (exact) mass is 307 g/mol. The molecule has 0 unspecified atom stereocenters. The molecule has 0 saturated heterocycles. The van der Waals surface area contributed by atoms with E-state index in [1.807, 2.05) is 30.3 Å². The number of rotatable bonds is 3. The number of aryl methyl sites for hydroxylation is 2. The van der Waals surface area contributed by atoms with E-state index in [1.54, 1.807) is 18.2 Å². The second-order valence-electron chi connectivity index (χ2n) is 5.25. The molecular weight excluding hydrogens is 294 g/mol. The van der Waals surface area contributed by atoms with Crippen molar-refractivity contribution in [3.05, 3.63) is 75.8 Å². The first kappa shape index (κ1) is 13.5. The third kappa shape index (κ3) is 2.24. The van der Waals surface area contributed by atoms with Crippen LogP contribution in [0.3, 0.4) is 0 Å². The molecule has 0 N–H and O–H groups in total. The summed E-state index contributed by atoms with van der Waals surface area (Å²) >= 11 is 0. The zero-order valence-electron chi connectivity index (χ0n) is 12.2. The van der Waals surface area contributed by atoms with Crippen LogP contribution in [0.25, 0.3) is 22.0 Å². The first-order valence-corrected chi connectivity index (χ1v) is 7.26. The quantitative estimate of drug-likeness (QED) is 0.580. The van der Waals surface area contributed by atoms with E-state index in [9.17, 15) is 9.59 Å². The van der Waals surface area contributed by atoms with Gasteiger partial charge in [-0.25, -0.2) is 9.78 Å². The van der Waals surface area contributed by atoms with E-state index in [0.29, 0.717) is 29.6 Å². The summed E-state index contributed by atoms with van der Waals surface area (Å²) in [6.45, 7) is 0.690. The van der Waals surface area contributed by atoms with Crippen molar-refractivity contribution in [1.29, 1.82) is 0 Å². The maximum atomic E-state index is 12.4. The molecule has 0 aliphatic rings. The first-order chi connectivity index (χ1) is 11.2. The van der Waals surface area contributed by atoms with Crippen LogP contribution in [0.2, 0.25) is 0 Å². The number of nitrogens with zero attached hydrogens (tertiary/aromatic N) is 3. The molecule has 4 aromatic rings. The van der Waals surface area contributed by atoms with Crippen LogP contribution < -0.4 is 11.3 Å². The highest BCUT2D eigenvalue weighted by Crippen LogP contribution is 2.11. The highest BCUT2D eigenvalue weighted by atomic mass is 16.4. The largest absolute Gasteiger partial charge is 0.420 e. The Labute approximate surface area is 130 Å². The van der Waals surface area contributed by atoms with Gasteiger partial charge in [0, 0.05) is 13.1 Å². The molecule has 6 nitrogen and oxygen atoms in total. The predicted molar refractivity (Wildman–Crippen MR) is 86.5 cm³/mol. The molecule has 0 atom stereocenters. The fraction of sp³-hybridized carbons (Fsp3) is 0.118. The zero-order valence-corrected chi connectivity index (χ0v) is 12.2. The Morgan fingerprint density at radius 3 is 2.65 bits per heavy atom. The topological polar surface area (TPSA) is 70.0 Å². The van der Waals surface area contributed by atoms with E-state index in [0.717, 1.165) is 5.52 Å². The molecule has 0 radical (unpaired) electrons. The number of para-hydroxylation sites is 3. The minimum absolute atomic E-state index is 0.114. The van der Waals surface area contributed by atoms with E-state index in [1.165, 1.54) is 15.5 Å². The first-order valence-electron chi connectivity index (χ1n) is 7.26. The molecule has 114 valence electrons. The summed E-state index contributed by atoms with van der Waals surface area (Å²) in [5.41, 5.74) is 1.82.